The van der Waals surface area contributed by atoms with Crippen molar-refractivity contribution in [3.63, 3.8) is 0 Å². The molecule has 0 amide bonds. The lowest BCUT2D eigenvalue weighted by atomic mass is 9.95. The van der Waals surface area contributed by atoms with Crippen molar-refractivity contribution in [3.05, 3.63) is 35.9 Å². The molecular weight excluding hydrogens is 398 g/mol. The fraction of sp³-hybridized carbons (Fsp3) is 0.793. The average molecular weight is 452 g/mol. The van der Waals surface area contributed by atoms with Gasteiger partial charge in [0.2, 0.25) is 0 Å². The molecular formula is C29H54ClN. The first-order chi connectivity index (χ1) is 14.9. The lowest BCUT2D eigenvalue weighted by molar-refractivity contribution is 0.426. The molecule has 0 radical (unpaired) electrons. The van der Waals surface area contributed by atoms with Gasteiger partial charge in [-0.15, -0.1) is 12.4 Å². The zero-order valence-corrected chi connectivity index (χ0v) is 21.8. The van der Waals surface area contributed by atoms with Crippen molar-refractivity contribution in [2.75, 3.05) is 6.54 Å². The van der Waals surface area contributed by atoms with Crippen LogP contribution in [0.2, 0.25) is 0 Å². The molecule has 0 aliphatic heterocycles. The summed E-state index contributed by atoms with van der Waals surface area (Å²) in [7, 11) is 0. The van der Waals surface area contributed by atoms with Crippen LogP contribution in [0.25, 0.3) is 0 Å². The third-order valence-corrected chi connectivity index (χ3v) is 6.79. The molecule has 0 saturated carbocycles. The third-order valence-electron chi connectivity index (χ3n) is 6.79. The molecule has 31 heavy (non-hydrogen) atoms. The van der Waals surface area contributed by atoms with E-state index < -0.39 is 0 Å². The van der Waals surface area contributed by atoms with E-state index in [1.54, 1.807) is 0 Å². The van der Waals surface area contributed by atoms with Crippen molar-refractivity contribution < 1.29 is 0 Å². The molecule has 1 rings (SSSR count). The summed E-state index contributed by atoms with van der Waals surface area (Å²) in [6.07, 6.45) is 26.0. The van der Waals surface area contributed by atoms with Crippen LogP contribution in [-0.2, 0) is 6.54 Å². The van der Waals surface area contributed by atoms with Crippen molar-refractivity contribution in [2.45, 2.75) is 136 Å². The van der Waals surface area contributed by atoms with Crippen molar-refractivity contribution in [3.8, 4) is 0 Å². The Hall–Kier alpha value is -0.530. The molecule has 0 atom stereocenters. The fourth-order valence-electron chi connectivity index (χ4n) is 4.51. The number of nitrogens with one attached hydrogen (secondary N) is 1. The number of benzene rings is 1. The smallest absolute Gasteiger partial charge is 0.0205 e. The van der Waals surface area contributed by atoms with E-state index in [-0.39, 0.29) is 12.4 Å². The van der Waals surface area contributed by atoms with Gasteiger partial charge in [-0.2, -0.15) is 0 Å². The van der Waals surface area contributed by atoms with Crippen LogP contribution in [0.4, 0.5) is 0 Å². The first-order valence-electron chi connectivity index (χ1n) is 13.6. The van der Waals surface area contributed by atoms with Crippen molar-refractivity contribution in [2.24, 2.45) is 5.92 Å². The van der Waals surface area contributed by atoms with Crippen LogP contribution in [0.1, 0.15) is 135 Å². The molecule has 0 saturated heterocycles. The van der Waals surface area contributed by atoms with Gasteiger partial charge < -0.3 is 5.32 Å². The van der Waals surface area contributed by atoms with Crippen LogP contribution in [-0.4, -0.2) is 6.54 Å². The molecule has 1 N–H and O–H groups in total. The van der Waals surface area contributed by atoms with E-state index in [0.717, 1.165) is 19.0 Å². The number of hydrogen-bond donors (Lipinski definition) is 1. The Morgan fingerprint density at radius 3 is 1.45 bits per heavy atom. The standard InChI is InChI=1S/C29H53N.ClH/c1-3-28(4-2)23-19-16-14-12-10-8-6-5-7-9-11-13-15-17-22-26-30-27-29-24-20-18-21-25-29;/h18,20-21,24-25,28,30H,3-17,19,22-23,26-27H2,1-2H3;1H. The van der Waals surface area contributed by atoms with Gasteiger partial charge in [-0.05, 0) is 24.4 Å². The van der Waals surface area contributed by atoms with Gasteiger partial charge in [0, 0.05) is 6.54 Å². The molecule has 1 nitrogen and oxygen atoms in total. The second kappa shape index (κ2) is 24.1. The summed E-state index contributed by atoms with van der Waals surface area (Å²) in [4.78, 5) is 0. The normalized spacial score (nSPS) is 11.1. The van der Waals surface area contributed by atoms with Crippen LogP contribution < -0.4 is 5.32 Å². The minimum absolute atomic E-state index is 0. The van der Waals surface area contributed by atoms with E-state index in [4.69, 9.17) is 0 Å². The maximum absolute atomic E-state index is 3.56. The summed E-state index contributed by atoms with van der Waals surface area (Å²) in [6.45, 7) is 6.87. The van der Waals surface area contributed by atoms with E-state index in [0.29, 0.717) is 0 Å². The van der Waals surface area contributed by atoms with Gasteiger partial charge in [0.1, 0.15) is 0 Å². The highest BCUT2D eigenvalue weighted by molar-refractivity contribution is 5.85. The quantitative estimate of drug-likeness (QED) is 0.173. The molecule has 0 spiro atoms. The minimum Gasteiger partial charge on any atom is -0.313 e. The maximum atomic E-state index is 3.56. The summed E-state index contributed by atoms with van der Waals surface area (Å²) < 4.78 is 0. The monoisotopic (exact) mass is 451 g/mol. The Morgan fingerprint density at radius 2 is 1.00 bits per heavy atom. The lowest BCUT2D eigenvalue weighted by Crippen LogP contribution is -2.14. The van der Waals surface area contributed by atoms with Crippen LogP contribution in [0.5, 0.6) is 0 Å². The summed E-state index contributed by atoms with van der Waals surface area (Å²) in [5.41, 5.74) is 1.39. The SMILES string of the molecule is CCC(CC)CCCCCCCCCCCCCCCCCNCc1ccccc1.Cl. The first-order valence-corrected chi connectivity index (χ1v) is 13.6. The van der Waals surface area contributed by atoms with E-state index in [1.165, 1.54) is 121 Å². The van der Waals surface area contributed by atoms with Crippen molar-refractivity contribution in [1.82, 2.24) is 5.32 Å². The van der Waals surface area contributed by atoms with Gasteiger partial charge in [0.05, 0.1) is 0 Å². The molecule has 0 unspecified atom stereocenters. The van der Waals surface area contributed by atoms with E-state index in [2.05, 4.69) is 49.5 Å². The number of halogens is 1. The van der Waals surface area contributed by atoms with E-state index in [9.17, 15) is 0 Å². The van der Waals surface area contributed by atoms with Crippen LogP contribution in [0.3, 0.4) is 0 Å². The Morgan fingerprint density at radius 1 is 0.581 bits per heavy atom. The topological polar surface area (TPSA) is 12.0 Å². The molecule has 0 fully saturated rings. The Labute approximate surface area is 202 Å². The maximum Gasteiger partial charge on any atom is 0.0205 e. The predicted octanol–water partition coefficient (Wildman–Crippen LogP) is 9.88. The first kappa shape index (κ1) is 30.5. The van der Waals surface area contributed by atoms with Gasteiger partial charge in [0.15, 0.2) is 0 Å². The molecule has 2 heteroatoms. The highest BCUT2D eigenvalue weighted by Gasteiger charge is 2.02. The molecule has 1 aromatic rings. The molecule has 1 aromatic carbocycles. The molecule has 182 valence electrons. The van der Waals surface area contributed by atoms with Gasteiger partial charge in [0.25, 0.3) is 0 Å². The van der Waals surface area contributed by atoms with Crippen LogP contribution in [0, 0.1) is 5.92 Å². The Balaban J connectivity index is 0.00000900. The summed E-state index contributed by atoms with van der Waals surface area (Å²) in [6, 6.07) is 10.7. The number of hydrogen-bond acceptors (Lipinski definition) is 1. The highest BCUT2D eigenvalue weighted by atomic mass is 35.5. The number of unbranched alkanes of at least 4 members (excludes halogenated alkanes) is 14. The van der Waals surface area contributed by atoms with Gasteiger partial charge in [-0.25, -0.2) is 0 Å². The number of rotatable bonds is 22. The van der Waals surface area contributed by atoms with Gasteiger partial charge >= 0.3 is 0 Å². The molecule has 0 aliphatic rings. The summed E-state index contributed by atoms with van der Waals surface area (Å²) in [5.74, 6) is 0.993. The Bertz CT molecular complexity index is 443. The average Bonchev–Trinajstić information content (AvgIpc) is 2.78. The van der Waals surface area contributed by atoms with E-state index >= 15 is 0 Å². The van der Waals surface area contributed by atoms with Crippen molar-refractivity contribution in [1.29, 1.82) is 0 Å². The molecule has 0 heterocycles. The Kier molecular flexibility index (Phi) is 23.7. The summed E-state index contributed by atoms with van der Waals surface area (Å²) >= 11 is 0. The summed E-state index contributed by atoms with van der Waals surface area (Å²) in [5, 5.41) is 3.56. The molecule has 0 bridgehead atoms. The second-order valence-electron chi connectivity index (χ2n) is 9.44. The zero-order valence-electron chi connectivity index (χ0n) is 21.0. The zero-order chi connectivity index (χ0) is 21.5. The predicted molar refractivity (Wildman–Crippen MR) is 143 cm³/mol. The second-order valence-corrected chi connectivity index (χ2v) is 9.44. The molecule has 0 aliphatic carbocycles. The van der Waals surface area contributed by atoms with Gasteiger partial charge in [-0.3, -0.25) is 0 Å². The van der Waals surface area contributed by atoms with Crippen molar-refractivity contribution >= 4 is 12.4 Å². The minimum atomic E-state index is 0. The third kappa shape index (κ3) is 19.9. The molecule has 0 aromatic heterocycles. The fourth-order valence-corrected chi connectivity index (χ4v) is 4.51. The van der Waals surface area contributed by atoms with E-state index in [1.807, 2.05) is 0 Å². The largest absolute Gasteiger partial charge is 0.313 e. The lowest BCUT2D eigenvalue weighted by Gasteiger charge is -2.11. The van der Waals surface area contributed by atoms with Crippen LogP contribution >= 0.6 is 12.4 Å². The van der Waals surface area contributed by atoms with Gasteiger partial charge in [-0.1, -0.05) is 153 Å². The highest BCUT2D eigenvalue weighted by Crippen LogP contribution is 2.18. The van der Waals surface area contributed by atoms with Crippen LogP contribution in [0.15, 0.2) is 30.3 Å².